The van der Waals surface area contributed by atoms with Gasteiger partial charge >= 0.3 is 0 Å². The third-order valence-corrected chi connectivity index (χ3v) is 4.71. The van der Waals surface area contributed by atoms with Gasteiger partial charge in [-0.3, -0.25) is 4.79 Å². The number of aliphatic hydroxyl groups is 3. The van der Waals surface area contributed by atoms with Gasteiger partial charge in [-0.1, -0.05) is 24.8 Å². The van der Waals surface area contributed by atoms with Crippen molar-refractivity contribution in [2.45, 2.75) is 25.6 Å². The number of allylic oxidation sites excluding steroid dienone is 1. The Kier molecular flexibility index (Phi) is 8.16. The molecule has 0 spiro atoms. The summed E-state index contributed by atoms with van der Waals surface area (Å²) in [4.78, 5) is 14.5. The molecule has 1 aliphatic heterocycles. The smallest absolute Gasteiger partial charge is 0.262 e. The van der Waals surface area contributed by atoms with Crippen LogP contribution in [0.5, 0.6) is 0 Å². The summed E-state index contributed by atoms with van der Waals surface area (Å²) in [5.41, 5.74) is 1.61. The van der Waals surface area contributed by atoms with Crippen LogP contribution in [0.4, 0.5) is 0 Å². The van der Waals surface area contributed by atoms with Crippen LogP contribution in [-0.2, 0) is 4.79 Å². The van der Waals surface area contributed by atoms with E-state index in [1.807, 2.05) is 37.3 Å². The Morgan fingerprint density at radius 2 is 2.10 bits per heavy atom. The quantitative estimate of drug-likeness (QED) is 0.338. The van der Waals surface area contributed by atoms with Gasteiger partial charge in [0.05, 0.1) is 12.7 Å². The molecule has 0 radical (unpaired) electrons. The number of carbonyl (C=O) groups excluding carboxylic acids is 1. The Morgan fingerprint density at radius 1 is 1.38 bits per heavy atom. The Balaban J connectivity index is 2.31. The summed E-state index contributed by atoms with van der Waals surface area (Å²) in [7, 11) is 0. The minimum Gasteiger partial charge on any atom is -0.394 e. The van der Waals surface area contributed by atoms with E-state index in [9.17, 15) is 20.3 Å². The molecule has 2 unspecified atom stereocenters. The van der Waals surface area contributed by atoms with Crippen LogP contribution in [-0.4, -0.2) is 64.6 Å². The summed E-state index contributed by atoms with van der Waals surface area (Å²) in [5, 5.41) is 41.3. The number of benzene rings is 1. The standard InChI is InChI=1S/C22H27N3O4/c1-3-5-19(25-8-4-9-25)18-11-16(7-6-15(18)2)10-17(12-23)22(29)24-13-20(27)21(28)14-26/h3,5-7,10-11,20-21,26-28H,2,4,8-9,13-14H2,1H3,(H,24,29)/b5-3-,17-10+,19-18+. The van der Waals surface area contributed by atoms with Crippen LogP contribution in [0.15, 0.2) is 35.9 Å². The van der Waals surface area contributed by atoms with Crippen molar-refractivity contribution < 1.29 is 20.1 Å². The van der Waals surface area contributed by atoms with Gasteiger partial charge in [0, 0.05) is 30.5 Å². The van der Waals surface area contributed by atoms with Gasteiger partial charge in [0.15, 0.2) is 0 Å². The first kappa shape index (κ1) is 22.4. The maximum atomic E-state index is 12.3. The van der Waals surface area contributed by atoms with E-state index in [0.717, 1.165) is 35.6 Å². The molecule has 29 heavy (non-hydrogen) atoms. The van der Waals surface area contributed by atoms with Crippen molar-refractivity contribution in [2.75, 3.05) is 26.2 Å². The molecule has 1 amide bonds. The summed E-state index contributed by atoms with van der Waals surface area (Å²) in [6.45, 7) is 7.10. The largest absolute Gasteiger partial charge is 0.394 e. The van der Waals surface area contributed by atoms with Gasteiger partial charge in [-0.15, -0.1) is 0 Å². The van der Waals surface area contributed by atoms with Crippen LogP contribution in [0.3, 0.4) is 0 Å². The first-order valence-corrected chi connectivity index (χ1v) is 9.49. The molecule has 1 heterocycles. The number of aliphatic hydroxyl groups excluding tert-OH is 3. The second-order valence-electron chi connectivity index (χ2n) is 6.84. The van der Waals surface area contributed by atoms with Crippen molar-refractivity contribution in [3.8, 4) is 6.07 Å². The van der Waals surface area contributed by atoms with Crippen LogP contribution in [0.25, 0.3) is 18.4 Å². The van der Waals surface area contributed by atoms with E-state index in [-0.39, 0.29) is 12.1 Å². The van der Waals surface area contributed by atoms with E-state index in [0.29, 0.717) is 5.56 Å². The highest BCUT2D eigenvalue weighted by molar-refractivity contribution is 6.01. The van der Waals surface area contributed by atoms with Gasteiger partial charge < -0.3 is 25.5 Å². The highest BCUT2D eigenvalue weighted by Gasteiger charge is 2.18. The molecular formula is C22H27N3O4. The lowest BCUT2D eigenvalue weighted by molar-refractivity contribution is -0.118. The number of nitrogens with one attached hydrogen (secondary N) is 1. The summed E-state index contributed by atoms with van der Waals surface area (Å²) in [6, 6.07) is 7.38. The Labute approximate surface area is 170 Å². The molecule has 2 rings (SSSR count). The minimum atomic E-state index is -1.36. The van der Waals surface area contributed by atoms with E-state index in [2.05, 4.69) is 16.8 Å². The monoisotopic (exact) mass is 397 g/mol. The normalized spacial score (nSPS) is 17.3. The summed E-state index contributed by atoms with van der Waals surface area (Å²) in [6.07, 6.45) is 3.92. The molecule has 1 aromatic rings. The van der Waals surface area contributed by atoms with Crippen molar-refractivity contribution in [3.05, 3.63) is 51.9 Å². The van der Waals surface area contributed by atoms with Gasteiger partial charge in [0.2, 0.25) is 0 Å². The maximum absolute atomic E-state index is 12.3. The molecular weight excluding hydrogens is 370 g/mol. The van der Waals surface area contributed by atoms with Crippen molar-refractivity contribution in [1.82, 2.24) is 10.2 Å². The third kappa shape index (κ3) is 5.78. The third-order valence-electron chi connectivity index (χ3n) is 4.71. The maximum Gasteiger partial charge on any atom is 0.262 e. The SMILES string of the molecule is C=c1ccc(/C=C(\C#N)C(=O)NCC(O)C(O)CO)c/c1=C(/C=C\C)N1CCC1. The fourth-order valence-electron chi connectivity index (χ4n) is 2.87. The topological polar surface area (TPSA) is 117 Å². The highest BCUT2D eigenvalue weighted by Crippen LogP contribution is 2.15. The van der Waals surface area contributed by atoms with Crippen molar-refractivity contribution in [3.63, 3.8) is 0 Å². The fourth-order valence-corrected chi connectivity index (χ4v) is 2.87. The molecule has 1 aliphatic rings. The van der Waals surface area contributed by atoms with E-state index < -0.39 is 24.7 Å². The lowest BCUT2D eigenvalue weighted by atomic mass is 10.1. The van der Waals surface area contributed by atoms with Gasteiger partial charge in [-0.25, -0.2) is 0 Å². The number of carbonyl (C=O) groups is 1. The summed E-state index contributed by atoms with van der Waals surface area (Å²) in [5.74, 6) is -0.669. The number of hydrogen-bond donors (Lipinski definition) is 4. The highest BCUT2D eigenvalue weighted by atomic mass is 16.4. The van der Waals surface area contributed by atoms with Crippen LogP contribution < -0.4 is 15.8 Å². The zero-order valence-electron chi connectivity index (χ0n) is 16.5. The molecule has 154 valence electrons. The number of nitriles is 1. The zero-order chi connectivity index (χ0) is 21.4. The summed E-state index contributed by atoms with van der Waals surface area (Å²) < 4.78 is 0. The molecule has 1 fully saturated rings. The Hall–Kier alpha value is -2.92. The van der Waals surface area contributed by atoms with Crippen LogP contribution in [0, 0.1) is 11.3 Å². The minimum absolute atomic E-state index is 0.130. The zero-order valence-corrected chi connectivity index (χ0v) is 16.5. The molecule has 7 nitrogen and oxygen atoms in total. The van der Waals surface area contributed by atoms with Gasteiger partial charge in [0.25, 0.3) is 5.91 Å². The second kappa shape index (κ2) is 10.6. The fraction of sp³-hybridized carbons (Fsp3) is 0.364. The molecule has 4 N–H and O–H groups in total. The van der Waals surface area contributed by atoms with E-state index in [1.165, 1.54) is 6.08 Å². The van der Waals surface area contributed by atoms with Crippen LogP contribution in [0.1, 0.15) is 18.9 Å². The average molecular weight is 397 g/mol. The predicted molar refractivity (Wildman–Crippen MR) is 111 cm³/mol. The lowest BCUT2D eigenvalue weighted by Gasteiger charge is -2.34. The Bertz CT molecular complexity index is 942. The van der Waals surface area contributed by atoms with Crippen molar-refractivity contribution in [2.24, 2.45) is 0 Å². The number of likely N-dealkylation sites (tertiary alicyclic amines) is 1. The number of nitrogens with zero attached hydrogens (tertiary/aromatic N) is 2. The molecule has 0 saturated carbocycles. The summed E-state index contributed by atoms with van der Waals surface area (Å²) >= 11 is 0. The van der Waals surface area contributed by atoms with Crippen LogP contribution >= 0.6 is 0 Å². The molecule has 0 aliphatic carbocycles. The molecule has 0 aromatic heterocycles. The second-order valence-corrected chi connectivity index (χ2v) is 6.84. The number of rotatable bonds is 8. The molecule has 7 heteroatoms. The van der Waals surface area contributed by atoms with Gasteiger partial charge in [-0.2, -0.15) is 5.26 Å². The van der Waals surface area contributed by atoms with E-state index in [4.69, 9.17) is 5.11 Å². The number of hydrogen-bond acceptors (Lipinski definition) is 6. The van der Waals surface area contributed by atoms with Crippen molar-refractivity contribution >= 4 is 24.3 Å². The molecule has 2 atom stereocenters. The average Bonchev–Trinajstić information content (AvgIpc) is 2.68. The first-order valence-electron chi connectivity index (χ1n) is 9.49. The predicted octanol–water partition coefficient (Wildman–Crippen LogP) is -0.776. The van der Waals surface area contributed by atoms with E-state index in [1.54, 1.807) is 6.07 Å². The first-order chi connectivity index (χ1) is 13.9. The van der Waals surface area contributed by atoms with E-state index >= 15 is 0 Å². The van der Waals surface area contributed by atoms with Gasteiger partial charge in [0.1, 0.15) is 17.7 Å². The molecule has 1 aromatic carbocycles. The van der Waals surface area contributed by atoms with Gasteiger partial charge in [-0.05, 0) is 42.3 Å². The molecule has 1 saturated heterocycles. The van der Waals surface area contributed by atoms with Crippen molar-refractivity contribution in [1.29, 1.82) is 5.26 Å². The Morgan fingerprint density at radius 3 is 2.66 bits per heavy atom. The van der Waals surface area contributed by atoms with Crippen LogP contribution in [0.2, 0.25) is 0 Å². The molecule has 0 bridgehead atoms. The lowest BCUT2D eigenvalue weighted by Crippen LogP contribution is -2.41. The number of amides is 1.